The average molecular weight is 451 g/mol. The van der Waals surface area contributed by atoms with Crippen LogP contribution in [0.2, 0.25) is 0 Å². The molecule has 2 aromatic carbocycles. The number of carbonyl (C=O) groups excluding carboxylic acids is 2. The van der Waals surface area contributed by atoms with Gasteiger partial charge in [-0.3, -0.25) is 4.79 Å². The monoisotopic (exact) mass is 450 g/mol. The molecule has 0 bridgehead atoms. The van der Waals surface area contributed by atoms with Gasteiger partial charge >= 0.3 is 12.1 Å². The minimum atomic E-state index is -1.02. The van der Waals surface area contributed by atoms with Crippen molar-refractivity contribution in [2.24, 2.45) is 5.92 Å². The van der Waals surface area contributed by atoms with E-state index in [1.54, 1.807) is 6.92 Å². The van der Waals surface area contributed by atoms with Crippen molar-refractivity contribution in [2.45, 2.75) is 57.0 Å². The molecule has 33 heavy (non-hydrogen) atoms. The standard InChI is InChI=1S/C26H30N2O5/c1-2-23(25(30)31)28-24(29)16-11-13-17(14-12-16)27-26(32)33-15-22-20-9-5-3-7-18(20)19-8-4-6-10-21(19)22/h3-10,16-17,22-23H,2,11-15H2,1H3,(H,27,32)(H,28,29)(H,30,31)/t16?,17?,23-/m1/s1. The third-order valence-electron chi connectivity index (χ3n) is 6.79. The summed E-state index contributed by atoms with van der Waals surface area (Å²) in [6.45, 7) is 2.00. The SMILES string of the molecule is CC[C@@H](NC(=O)C1CCC(NC(=O)OCC2c3ccccc3-c3ccccc32)CC1)C(=O)O. The van der Waals surface area contributed by atoms with Crippen molar-refractivity contribution in [3.8, 4) is 11.1 Å². The Kier molecular flexibility index (Phi) is 6.96. The van der Waals surface area contributed by atoms with Gasteiger partial charge in [-0.2, -0.15) is 0 Å². The number of rotatable bonds is 7. The number of carbonyl (C=O) groups is 3. The minimum Gasteiger partial charge on any atom is -0.480 e. The average Bonchev–Trinajstić information content (AvgIpc) is 3.15. The molecule has 2 aromatic rings. The van der Waals surface area contributed by atoms with Gasteiger partial charge in [0, 0.05) is 17.9 Å². The topological polar surface area (TPSA) is 105 Å². The van der Waals surface area contributed by atoms with Crippen molar-refractivity contribution < 1.29 is 24.2 Å². The Labute approximate surface area is 193 Å². The largest absolute Gasteiger partial charge is 0.480 e. The summed E-state index contributed by atoms with van der Waals surface area (Å²) in [5.41, 5.74) is 4.72. The molecule has 1 fully saturated rings. The molecule has 0 spiro atoms. The molecule has 7 heteroatoms. The predicted molar refractivity (Wildman–Crippen MR) is 124 cm³/mol. The molecule has 2 aliphatic rings. The highest BCUT2D eigenvalue weighted by atomic mass is 16.5. The molecule has 7 nitrogen and oxygen atoms in total. The maximum absolute atomic E-state index is 12.5. The van der Waals surface area contributed by atoms with Crippen LogP contribution in [0.25, 0.3) is 11.1 Å². The van der Waals surface area contributed by atoms with E-state index in [0.29, 0.717) is 32.1 Å². The minimum absolute atomic E-state index is 0.0170. The van der Waals surface area contributed by atoms with Crippen LogP contribution in [0.5, 0.6) is 0 Å². The Hall–Kier alpha value is -3.35. The summed E-state index contributed by atoms with van der Waals surface area (Å²) in [7, 11) is 0. The zero-order valence-electron chi connectivity index (χ0n) is 18.8. The van der Waals surface area contributed by atoms with Crippen LogP contribution in [0.15, 0.2) is 48.5 Å². The maximum atomic E-state index is 12.5. The van der Waals surface area contributed by atoms with Crippen molar-refractivity contribution in [1.82, 2.24) is 10.6 Å². The number of amides is 2. The van der Waals surface area contributed by atoms with E-state index >= 15 is 0 Å². The number of carboxylic acid groups (broad SMARTS) is 1. The second-order valence-electron chi connectivity index (χ2n) is 8.83. The van der Waals surface area contributed by atoms with Gasteiger partial charge in [0.2, 0.25) is 5.91 Å². The highest BCUT2D eigenvalue weighted by molar-refractivity contribution is 5.85. The summed E-state index contributed by atoms with van der Waals surface area (Å²) in [4.78, 5) is 36.0. The number of benzene rings is 2. The van der Waals surface area contributed by atoms with Crippen LogP contribution in [0.3, 0.4) is 0 Å². The van der Waals surface area contributed by atoms with Gasteiger partial charge in [-0.1, -0.05) is 55.5 Å². The van der Waals surface area contributed by atoms with Gasteiger partial charge in [-0.25, -0.2) is 9.59 Å². The molecule has 0 aliphatic heterocycles. The molecule has 2 aliphatic carbocycles. The van der Waals surface area contributed by atoms with Crippen molar-refractivity contribution in [2.75, 3.05) is 6.61 Å². The number of nitrogens with one attached hydrogen (secondary N) is 2. The van der Waals surface area contributed by atoms with E-state index in [0.717, 1.165) is 0 Å². The van der Waals surface area contributed by atoms with E-state index in [1.807, 2.05) is 24.3 Å². The molecule has 1 atom stereocenters. The van der Waals surface area contributed by atoms with Crippen molar-refractivity contribution in [3.05, 3.63) is 59.7 Å². The molecule has 1 saturated carbocycles. The van der Waals surface area contributed by atoms with Gasteiger partial charge in [-0.05, 0) is 54.4 Å². The number of hydrogen-bond donors (Lipinski definition) is 3. The van der Waals surface area contributed by atoms with Gasteiger partial charge in [0.1, 0.15) is 12.6 Å². The van der Waals surface area contributed by atoms with Crippen molar-refractivity contribution in [1.29, 1.82) is 0 Å². The number of hydrogen-bond acceptors (Lipinski definition) is 4. The Bertz CT molecular complexity index is 983. The van der Waals surface area contributed by atoms with Crippen LogP contribution < -0.4 is 10.6 Å². The molecule has 3 N–H and O–H groups in total. The molecule has 0 saturated heterocycles. The first-order valence-electron chi connectivity index (χ1n) is 11.6. The van der Waals surface area contributed by atoms with Crippen LogP contribution in [0, 0.1) is 5.92 Å². The number of alkyl carbamates (subject to hydrolysis) is 1. The maximum Gasteiger partial charge on any atom is 0.407 e. The molecular formula is C26H30N2O5. The van der Waals surface area contributed by atoms with Crippen LogP contribution in [-0.2, 0) is 14.3 Å². The third-order valence-corrected chi connectivity index (χ3v) is 6.79. The molecule has 0 aromatic heterocycles. The predicted octanol–water partition coefficient (Wildman–Crippen LogP) is 4.06. The lowest BCUT2D eigenvalue weighted by Crippen LogP contribution is -2.45. The van der Waals surface area contributed by atoms with Crippen molar-refractivity contribution in [3.63, 3.8) is 0 Å². The Morgan fingerprint density at radius 2 is 1.55 bits per heavy atom. The number of carboxylic acids is 1. The lowest BCUT2D eigenvalue weighted by molar-refractivity contribution is -0.142. The van der Waals surface area contributed by atoms with E-state index in [9.17, 15) is 14.4 Å². The lowest BCUT2D eigenvalue weighted by atomic mass is 9.85. The van der Waals surface area contributed by atoms with Gasteiger partial charge in [0.05, 0.1) is 0 Å². The summed E-state index contributed by atoms with van der Waals surface area (Å²) in [5, 5.41) is 14.7. The van der Waals surface area contributed by atoms with Gasteiger partial charge in [0.15, 0.2) is 0 Å². The zero-order chi connectivity index (χ0) is 23.4. The van der Waals surface area contributed by atoms with E-state index < -0.39 is 18.1 Å². The highest BCUT2D eigenvalue weighted by Gasteiger charge is 2.31. The van der Waals surface area contributed by atoms with Crippen LogP contribution >= 0.6 is 0 Å². The van der Waals surface area contributed by atoms with Crippen LogP contribution in [-0.4, -0.2) is 41.8 Å². The molecular weight excluding hydrogens is 420 g/mol. The fraction of sp³-hybridized carbons (Fsp3) is 0.423. The first-order valence-corrected chi connectivity index (χ1v) is 11.6. The molecule has 2 amide bonds. The highest BCUT2D eigenvalue weighted by Crippen LogP contribution is 2.44. The lowest BCUT2D eigenvalue weighted by Gasteiger charge is -2.29. The Morgan fingerprint density at radius 1 is 0.970 bits per heavy atom. The molecule has 0 unspecified atom stereocenters. The second-order valence-corrected chi connectivity index (χ2v) is 8.83. The smallest absolute Gasteiger partial charge is 0.407 e. The van der Waals surface area contributed by atoms with E-state index in [4.69, 9.17) is 9.84 Å². The summed E-state index contributed by atoms with van der Waals surface area (Å²) >= 11 is 0. The van der Waals surface area contributed by atoms with Gasteiger partial charge in [0.25, 0.3) is 0 Å². The summed E-state index contributed by atoms with van der Waals surface area (Å²) in [5.74, 6) is -1.44. The van der Waals surface area contributed by atoms with E-state index in [2.05, 4.69) is 34.9 Å². The van der Waals surface area contributed by atoms with Gasteiger partial charge in [-0.15, -0.1) is 0 Å². The van der Waals surface area contributed by atoms with Crippen LogP contribution in [0.4, 0.5) is 4.79 Å². The number of aliphatic carboxylic acids is 1. The van der Waals surface area contributed by atoms with Crippen molar-refractivity contribution >= 4 is 18.0 Å². The van der Waals surface area contributed by atoms with Crippen LogP contribution in [0.1, 0.15) is 56.1 Å². The third kappa shape index (κ3) is 5.02. The van der Waals surface area contributed by atoms with E-state index in [-0.39, 0.29) is 30.4 Å². The van der Waals surface area contributed by atoms with Gasteiger partial charge < -0.3 is 20.5 Å². The first kappa shape index (κ1) is 22.8. The fourth-order valence-electron chi connectivity index (χ4n) is 4.93. The summed E-state index contributed by atoms with van der Waals surface area (Å²) in [6.07, 6.45) is 2.44. The quantitative estimate of drug-likeness (QED) is 0.590. The first-order chi connectivity index (χ1) is 16.0. The second kappa shape index (κ2) is 10.1. The molecule has 0 heterocycles. The Balaban J connectivity index is 1.26. The normalized spacial score (nSPS) is 20.3. The molecule has 174 valence electrons. The number of ether oxygens (including phenoxy) is 1. The number of fused-ring (bicyclic) bond motifs is 3. The molecule has 0 radical (unpaired) electrons. The molecule has 4 rings (SSSR count). The van der Waals surface area contributed by atoms with E-state index in [1.165, 1.54) is 22.3 Å². The zero-order valence-corrected chi connectivity index (χ0v) is 18.8. The fourth-order valence-corrected chi connectivity index (χ4v) is 4.93. The Morgan fingerprint density at radius 3 is 2.09 bits per heavy atom. The summed E-state index contributed by atoms with van der Waals surface area (Å²) < 4.78 is 5.62. The summed E-state index contributed by atoms with van der Waals surface area (Å²) in [6, 6.07) is 15.5.